The van der Waals surface area contributed by atoms with Gasteiger partial charge in [0.2, 0.25) is 0 Å². The first-order chi connectivity index (χ1) is 9.90. The highest BCUT2D eigenvalue weighted by Gasteiger charge is 2.30. The molecule has 2 aliphatic carbocycles. The summed E-state index contributed by atoms with van der Waals surface area (Å²) in [5.41, 5.74) is 1.59. The van der Waals surface area contributed by atoms with Crippen LogP contribution in [0.2, 0.25) is 0 Å². The van der Waals surface area contributed by atoms with Crippen molar-refractivity contribution in [1.29, 1.82) is 0 Å². The molecule has 2 fully saturated rings. The van der Waals surface area contributed by atoms with E-state index < -0.39 is 0 Å². The van der Waals surface area contributed by atoms with E-state index in [2.05, 4.69) is 35.0 Å². The fourth-order valence-electron chi connectivity index (χ4n) is 3.73. The Kier molecular flexibility index (Phi) is 3.53. The quantitative estimate of drug-likeness (QED) is 0.845. The third-order valence-electron chi connectivity index (χ3n) is 5.11. The second-order valence-corrected chi connectivity index (χ2v) is 7.51. The van der Waals surface area contributed by atoms with Crippen LogP contribution < -0.4 is 5.32 Å². The smallest absolute Gasteiger partial charge is 0.0345 e. The summed E-state index contributed by atoms with van der Waals surface area (Å²) in [5.74, 6) is 1.81. The fraction of sp³-hybridized carbons (Fsp3) is 0.556. The highest BCUT2D eigenvalue weighted by atomic mass is 32.1. The first kappa shape index (κ1) is 12.8. The molecule has 106 valence electrons. The van der Waals surface area contributed by atoms with Crippen LogP contribution in [-0.2, 0) is 6.42 Å². The van der Waals surface area contributed by atoms with Crippen LogP contribution in [0.4, 0.5) is 0 Å². The first-order valence-electron chi connectivity index (χ1n) is 8.08. The van der Waals surface area contributed by atoms with Crippen LogP contribution in [0.3, 0.4) is 0 Å². The van der Waals surface area contributed by atoms with E-state index in [9.17, 15) is 0 Å². The van der Waals surface area contributed by atoms with Gasteiger partial charge in [0, 0.05) is 10.7 Å². The molecule has 1 aromatic carbocycles. The van der Waals surface area contributed by atoms with E-state index in [1.54, 1.807) is 5.56 Å². The molecule has 0 radical (unpaired) electrons. The molecule has 1 N–H and O–H groups in total. The molecule has 20 heavy (non-hydrogen) atoms. The van der Waals surface area contributed by atoms with Crippen LogP contribution in [0.25, 0.3) is 10.1 Å². The van der Waals surface area contributed by atoms with Crippen molar-refractivity contribution in [2.45, 2.75) is 44.6 Å². The molecule has 2 aromatic rings. The lowest BCUT2D eigenvalue weighted by Gasteiger charge is -2.20. The summed E-state index contributed by atoms with van der Waals surface area (Å²) in [6.45, 7) is 1.26. The lowest BCUT2D eigenvalue weighted by molar-refractivity contribution is 0.365. The second kappa shape index (κ2) is 5.50. The number of rotatable bonds is 5. The highest BCUT2D eigenvalue weighted by molar-refractivity contribution is 7.17. The third-order valence-corrected chi connectivity index (χ3v) is 6.12. The molecule has 2 saturated carbocycles. The Labute approximate surface area is 125 Å². The third kappa shape index (κ3) is 2.64. The molecule has 0 saturated heterocycles. The fourth-order valence-corrected chi connectivity index (χ4v) is 4.71. The van der Waals surface area contributed by atoms with Gasteiger partial charge in [-0.3, -0.25) is 0 Å². The zero-order valence-electron chi connectivity index (χ0n) is 12.0. The highest BCUT2D eigenvalue weighted by Crippen LogP contribution is 2.37. The number of hydrogen-bond acceptors (Lipinski definition) is 2. The van der Waals surface area contributed by atoms with E-state index in [1.165, 1.54) is 55.2 Å². The van der Waals surface area contributed by atoms with Gasteiger partial charge in [-0.15, -0.1) is 11.3 Å². The van der Waals surface area contributed by atoms with Crippen LogP contribution in [-0.4, -0.2) is 12.6 Å². The second-order valence-electron chi connectivity index (χ2n) is 6.59. The van der Waals surface area contributed by atoms with Gasteiger partial charge in [-0.1, -0.05) is 24.6 Å². The number of thiophene rings is 1. The minimum atomic E-state index is 0.859. The lowest BCUT2D eigenvalue weighted by Crippen LogP contribution is -2.27. The first-order valence-corrected chi connectivity index (χ1v) is 8.96. The van der Waals surface area contributed by atoms with Crippen molar-refractivity contribution in [2.24, 2.45) is 11.8 Å². The van der Waals surface area contributed by atoms with E-state index in [1.807, 2.05) is 11.3 Å². The van der Waals surface area contributed by atoms with E-state index >= 15 is 0 Å². The van der Waals surface area contributed by atoms with E-state index in [0.29, 0.717) is 0 Å². The van der Waals surface area contributed by atoms with Gasteiger partial charge in [-0.25, -0.2) is 0 Å². The van der Waals surface area contributed by atoms with Crippen molar-refractivity contribution >= 4 is 21.4 Å². The topological polar surface area (TPSA) is 12.0 Å². The Morgan fingerprint density at radius 2 is 1.90 bits per heavy atom. The molecular weight excluding hydrogens is 262 g/mol. The molecule has 1 aromatic heterocycles. The molecule has 0 aliphatic heterocycles. The summed E-state index contributed by atoms with van der Waals surface area (Å²) in [7, 11) is 0. The monoisotopic (exact) mass is 285 g/mol. The normalized spacial score (nSPS) is 26.4. The number of hydrogen-bond donors (Lipinski definition) is 1. The molecule has 2 aliphatic rings. The molecule has 2 atom stereocenters. The van der Waals surface area contributed by atoms with Crippen LogP contribution in [0.1, 0.15) is 37.7 Å². The van der Waals surface area contributed by atoms with Gasteiger partial charge in [0.05, 0.1) is 0 Å². The predicted molar refractivity (Wildman–Crippen MR) is 87.4 cm³/mol. The van der Waals surface area contributed by atoms with Gasteiger partial charge < -0.3 is 5.32 Å². The molecule has 0 amide bonds. The van der Waals surface area contributed by atoms with Crippen molar-refractivity contribution in [1.82, 2.24) is 5.32 Å². The molecule has 0 spiro atoms. The number of benzene rings is 1. The standard InChI is InChI=1S/C18H23NS/c1-2-7-18-17(6-1)15(12-20-18)10-13-4-3-5-14(13)11-19-16-8-9-16/h1-2,6-7,12-14,16,19H,3-5,8-11H2. The zero-order valence-corrected chi connectivity index (χ0v) is 12.8. The predicted octanol–water partition coefficient (Wildman–Crippen LogP) is 4.61. The summed E-state index contributed by atoms with van der Waals surface area (Å²) in [6, 6.07) is 9.75. The largest absolute Gasteiger partial charge is 0.314 e. The lowest BCUT2D eigenvalue weighted by atomic mass is 9.89. The van der Waals surface area contributed by atoms with E-state index in [-0.39, 0.29) is 0 Å². The number of nitrogens with one attached hydrogen (secondary N) is 1. The Morgan fingerprint density at radius 1 is 1.05 bits per heavy atom. The van der Waals surface area contributed by atoms with Crippen molar-refractivity contribution in [3.05, 3.63) is 35.2 Å². The Hall–Kier alpha value is -0.860. The van der Waals surface area contributed by atoms with E-state index in [0.717, 1.165) is 17.9 Å². The Bertz CT molecular complexity index is 584. The summed E-state index contributed by atoms with van der Waals surface area (Å²) < 4.78 is 1.45. The molecule has 1 nitrogen and oxygen atoms in total. The maximum atomic E-state index is 3.75. The van der Waals surface area contributed by atoms with Crippen molar-refractivity contribution < 1.29 is 0 Å². The van der Waals surface area contributed by atoms with Crippen LogP contribution in [0.5, 0.6) is 0 Å². The maximum absolute atomic E-state index is 3.75. The average molecular weight is 285 g/mol. The van der Waals surface area contributed by atoms with Crippen LogP contribution in [0.15, 0.2) is 29.6 Å². The van der Waals surface area contributed by atoms with Gasteiger partial charge in [0.25, 0.3) is 0 Å². The van der Waals surface area contributed by atoms with Gasteiger partial charge in [0.15, 0.2) is 0 Å². The minimum absolute atomic E-state index is 0.859. The summed E-state index contributed by atoms with van der Waals surface area (Å²) >= 11 is 1.91. The molecule has 2 unspecified atom stereocenters. The molecular formula is C18H23NS. The van der Waals surface area contributed by atoms with Crippen molar-refractivity contribution in [3.8, 4) is 0 Å². The maximum Gasteiger partial charge on any atom is 0.0345 e. The van der Waals surface area contributed by atoms with Gasteiger partial charge >= 0.3 is 0 Å². The summed E-state index contributed by atoms with van der Waals surface area (Å²) in [5, 5.41) is 7.64. The summed E-state index contributed by atoms with van der Waals surface area (Å²) in [6.07, 6.45) is 8.41. The van der Waals surface area contributed by atoms with Crippen molar-refractivity contribution in [2.75, 3.05) is 6.54 Å². The molecule has 1 heterocycles. The number of fused-ring (bicyclic) bond motifs is 1. The summed E-state index contributed by atoms with van der Waals surface area (Å²) in [4.78, 5) is 0. The molecule has 0 bridgehead atoms. The van der Waals surface area contributed by atoms with E-state index in [4.69, 9.17) is 0 Å². The van der Waals surface area contributed by atoms with Crippen LogP contribution in [0, 0.1) is 11.8 Å². The van der Waals surface area contributed by atoms with Crippen molar-refractivity contribution in [3.63, 3.8) is 0 Å². The minimum Gasteiger partial charge on any atom is -0.314 e. The Morgan fingerprint density at radius 3 is 2.80 bits per heavy atom. The Balaban J connectivity index is 1.46. The van der Waals surface area contributed by atoms with Gasteiger partial charge in [-0.2, -0.15) is 0 Å². The van der Waals surface area contributed by atoms with Gasteiger partial charge in [-0.05, 0) is 72.9 Å². The van der Waals surface area contributed by atoms with Crippen LogP contribution >= 0.6 is 11.3 Å². The SMILES string of the molecule is c1ccc2c(CC3CCCC3CNC3CC3)csc2c1. The molecule has 2 heteroatoms. The molecule has 4 rings (SSSR count). The average Bonchev–Trinajstić information content (AvgIpc) is 3.07. The zero-order chi connectivity index (χ0) is 13.4. The van der Waals surface area contributed by atoms with Gasteiger partial charge in [0.1, 0.15) is 0 Å².